The van der Waals surface area contributed by atoms with Gasteiger partial charge in [0.2, 0.25) is 17.7 Å². The van der Waals surface area contributed by atoms with Crippen molar-refractivity contribution in [3.63, 3.8) is 0 Å². The summed E-state index contributed by atoms with van der Waals surface area (Å²) in [7, 11) is 0. The smallest absolute Gasteiger partial charge is 0.229 e. The van der Waals surface area contributed by atoms with Crippen LogP contribution in [0.4, 0.5) is 0 Å². The van der Waals surface area contributed by atoms with Gasteiger partial charge in [0.05, 0.1) is 0 Å². The average molecular weight is 292 g/mol. The number of rotatable bonds is 4. The van der Waals surface area contributed by atoms with Crippen LogP contribution in [0.2, 0.25) is 0 Å². The van der Waals surface area contributed by atoms with E-state index in [-0.39, 0.29) is 24.3 Å². The van der Waals surface area contributed by atoms with E-state index in [2.05, 4.69) is 0 Å². The van der Waals surface area contributed by atoms with Gasteiger partial charge in [0, 0.05) is 38.4 Å². The molecule has 3 amide bonds. The van der Waals surface area contributed by atoms with Crippen LogP contribution in [0.1, 0.15) is 57.8 Å². The fraction of sp³-hybridized carbons (Fsp3) is 0.812. The molecule has 0 radical (unpaired) electrons. The summed E-state index contributed by atoms with van der Waals surface area (Å²) in [6.07, 6.45) is 8.20. The molecular formula is C16H24N2O3. The van der Waals surface area contributed by atoms with Gasteiger partial charge in [-0.25, -0.2) is 0 Å². The van der Waals surface area contributed by atoms with Gasteiger partial charge in [-0.15, -0.1) is 0 Å². The average Bonchev–Trinajstić information content (AvgIpc) is 3.18. The molecule has 1 saturated carbocycles. The molecule has 3 rings (SSSR count). The monoisotopic (exact) mass is 292 g/mol. The van der Waals surface area contributed by atoms with Gasteiger partial charge in [0.1, 0.15) is 0 Å². The van der Waals surface area contributed by atoms with Crippen LogP contribution in [0.15, 0.2) is 0 Å². The van der Waals surface area contributed by atoms with E-state index in [1.54, 1.807) is 0 Å². The molecule has 116 valence electrons. The van der Waals surface area contributed by atoms with Crippen molar-refractivity contribution in [2.45, 2.75) is 63.8 Å². The molecule has 2 saturated heterocycles. The van der Waals surface area contributed by atoms with Crippen LogP contribution in [-0.2, 0) is 14.4 Å². The van der Waals surface area contributed by atoms with Crippen LogP contribution in [-0.4, -0.2) is 46.7 Å². The van der Waals surface area contributed by atoms with Crippen LogP contribution in [0.25, 0.3) is 0 Å². The lowest BCUT2D eigenvalue weighted by Gasteiger charge is -2.30. The number of imide groups is 1. The van der Waals surface area contributed by atoms with Crippen LogP contribution in [0.3, 0.4) is 0 Å². The third-order valence-electron chi connectivity index (χ3n) is 5.27. The molecule has 3 fully saturated rings. The molecule has 0 bridgehead atoms. The molecular weight excluding hydrogens is 268 g/mol. The van der Waals surface area contributed by atoms with Crippen LogP contribution in [0, 0.1) is 5.92 Å². The molecule has 1 unspecified atom stereocenters. The number of amides is 3. The first kappa shape index (κ1) is 14.5. The molecule has 0 N–H and O–H groups in total. The van der Waals surface area contributed by atoms with E-state index in [1.807, 2.05) is 4.90 Å². The summed E-state index contributed by atoms with van der Waals surface area (Å²) < 4.78 is 0. The van der Waals surface area contributed by atoms with E-state index in [4.69, 9.17) is 0 Å². The van der Waals surface area contributed by atoms with Gasteiger partial charge in [-0.05, 0) is 31.6 Å². The number of nitrogens with zero attached hydrogens (tertiary/aromatic N) is 2. The van der Waals surface area contributed by atoms with Crippen molar-refractivity contribution in [3.8, 4) is 0 Å². The molecule has 0 aromatic carbocycles. The van der Waals surface area contributed by atoms with Gasteiger partial charge in [-0.2, -0.15) is 0 Å². The van der Waals surface area contributed by atoms with Crippen molar-refractivity contribution in [2.24, 2.45) is 5.92 Å². The van der Waals surface area contributed by atoms with Gasteiger partial charge in [-0.1, -0.05) is 12.8 Å². The maximum absolute atomic E-state index is 12.5. The highest BCUT2D eigenvalue weighted by Crippen LogP contribution is 2.35. The predicted molar refractivity (Wildman–Crippen MR) is 77.3 cm³/mol. The van der Waals surface area contributed by atoms with Gasteiger partial charge in [-0.3, -0.25) is 19.3 Å². The maximum Gasteiger partial charge on any atom is 0.229 e. The maximum atomic E-state index is 12.5. The third kappa shape index (κ3) is 2.97. The summed E-state index contributed by atoms with van der Waals surface area (Å²) in [5.41, 5.74) is 0. The number of hydrogen-bond acceptors (Lipinski definition) is 3. The second-order valence-corrected chi connectivity index (χ2v) is 6.53. The molecule has 0 aromatic rings. The summed E-state index contributed by atoms with van der Waals surface area (Å²) >= 11 is 0. The molecule has 2 heterocycles. The highest BCUT2D eigenvalue weighted by Gasteiger charge is 2.36. The van der Waals surface area contributed by atoms with Crippen LogP contribution in [0.5, 0.6) is 0 Å². The van der Waals surface area contributed by atoms with Gasteiger partial charge in [0.15, 0.2) is 0 Å². The molecule has 21 heavy (non-hydrogen) atoms. The Hall–Kier alpha value is -1.39. The predicted octanol–water partition coefficient (Wildman–Crippen LogP) is 1.71. The number of hydrogen-bond donors (Lipinski definition) is 0. The summed E-state index contributed by atoms with van der Waals surface area (Å²) in [5, 5.41) is 0. The number of likely N-dealkylation sites (tertiary alicyclic amines) is 2. The Kier molecular flexibility index (Phi) is 4.27. The highest BCUT2D eigenvalue weighted by atomic mass is 16.2. The van der Waals surface area contributed by atoms with E-state index in [0.717, 1.165) is 19.4 Å². The summed E-state index contributed by atoms with van der Waals surface area (Å²) in [6.45, 7) is 1.12. The standard InChI is InChI=1S/C16H24N2O3/c19-14-7-8-15(20)18(14)11-9-16(21)17-10-3-6-13(17)12-4-1-2-5-12/h12-13H,1-11H2. The van der Waals surface area contributed by atoms with Crippen molar-refractivity contribution in [3.05, 3.63) is 0 Å². The molecule has 5 heteroatoms. The van der Waals surface area contributed by atoms with Crippen molar-refractivity contribution in [1.29, 1.82) is 0 Å². The van der Waals surface area contributed by atoms with E-state index >= 15 is 0 Å². The Balaban J connectivity index is 1.54. The van der Waals surface area contributed by atoms with Crippen molar-refractivity contribution >= 4 is 17.7 Å². The molecule has 2 aliphatic heterocycles. The van der Waals surface area contributed by atoms with Crippen molar-refractivity contribution in [1.82, 2.24) is 9.80 Å². The molecule has 0 spiro atoms. The number of carbonyl (C=O) groups is 3. The second-order valence-electron chi connectivity index (χ2n) is 6.53. The molecule has 1 aliphatic carbocycles. The lowest BCUT2D eigenvalue weighted by atomic mass is 9.96. The van der Waals surface area contributed by atoms with Gasteiger partial charge < -0.3 is 4.90 Å². The van der Waals surface area contributed by atoms with Crippen molar-refractivity contribution < 1.29 is 14.4 Å². The lowest BCUT2D eigenvalue weighted by molar-refractivity contribution is -0.139. The van der Waals surface area contributed by atoms with Gasteiger partial charge in [0.25, 0.3) is 0 Å². The first-order valence-electron chi connectivity index (χ1n) is 8.29. The summed E-state index contributed by atoms with van der Waals surface area (Å²) in [5.74, 6) is 0.548. The van der Waals surface area contributed by atoms with Crippen LogP contribution < -0.4 is 0 Å². The van der Waals surface area contributed by atoms with Gasteiger partial charge >= 0.3 is 0 Å². The third-order valence-corrected chi connectivity index (χ3v) is 5.27. The summed E-state index contributed by atoms with van der Waals surface area (Å²) in [6, 6.07) is 0.407. The van der Waals surface area contributed by atoms with E-state index in [9.17, 15) is 14.4 Å². The molecule has 1 atom stereocenters. The lowest BCUT2D eigenvalue weighted by Crippen LogP contribution is -2.41. The summed E-state index contributed by atoms with van der Waals surface area (Å²) in [4.78, 5) is 38.9. The first-order chi connectivity index (χ1) is 10.2. The molecule has 3 aliphatic rings. The Morgan fingerprint density at radius 3 is 2.33 bits per heavy atom. The minimum absolute atomic E-state index is 0.122. The molecule has 5 nitrogen and oxygen atoms in total. The highest BCUT2D eigenvalue weighted by molar-refractivity contribution is 6.02. The zero-order valence-corrected chi connectivity index (χ0v) is 12.6. The topological polar surface area (TPSA) is 57.7 Å². The minimum Gasteiger partial charge on any atom is -0.339 e. The van der Waals surface area contributed by atoms with E-state index < -0.39 is 0 Å². The fourth-order valence-corrected chi connectivity index (χ4v) is 4.16. The normalized spacial score (nSPS) is 27.1. The number of carbonyl (C=O) groups excluding carboxylic acids is 3. The second kappa shape index (κ2) is 6.16. The Bertz CT molecular complexity index is 427. The quantitative estimate of drug-likeness (QED) is 0.741. The molecule has 0 aromatic heterocycles. The fourth-order valence-electron chi connectivity index (χ4n) is 4.16. The van der Waals surface area contributed by atoms with Crippen molar-refractivity contribution in [2.75, 3.05) is 13.1 Å². The largest absolute Gasteiger partial charge is 0.339 e. The minimum atomic E-state index is -0.124. The Labute approximate surface area is 125 Å². The zero-order chi connectivity index (χ0) is 14.8. The van der Waals surface area contributed by atoms with E-state index in [1.165, 1.54) is 30.6 Å². The van der Waals surface area contributed by atoms with Crippen LogP contribution >= 0.6 is 0 Å². The first-order valence-corrected chi connectivity index (χ1v) is 8.29. The zero-order valence-electron chi connectivity index (χ0n) is 12.6. The Morgan fingerprint density at radius 1 is 1.00 bits per heavy atom. The Morgan fingerprint density at radius 2 is 1.67 bits per heavy atom. The SMILES string of the molecule is O=C1CCC(=O)N1CCC(=O)N1CCCC1C1CCCC1. The van der Waals surface area contributed by atoms with E-state index in [0.29, 0.717) is 31.2 Å².